The quantitative estimate of drug-likeness (QED) is 0.406. The number of hydrogen-bond donors (Lipinski definition) is 0. The third-order valence-electron chi connectivity index (χ3n) is 8.82. The van der Waals surface area contributed by atoms with Crippen LogP contribution < -0.4 is 4.74 Å². The zero-order valence-corrected chi connectivity index (χ0v) is 25.1. The lowest BCUT2D eigenvalue weighted by molar-refractivity contribution is -0.00616. The first-order valence-electron chi connectivity index (χ1n) is 14.3. The van der Waals surface area contributed by atoms with Crippen LogP contribution >= 0.6 is 0 Å². The number of sulfone groups is 1. The minimum Gasteiger partial charge on any atom is -0.469 e. The Morgan fingerprint density at radius 1 is 0.951 bits per heavy atom. The molecule has 2 aromatic heterocycles. The lowest BCUT2D eigenvalue weighted by Gasteiger charge is -2.49. The van der Waals surface area contributed by atoms with E-state index in [0.717, 1.165) is 55.7 Å². The van der Waals surface area contributed by atoms with E-state index in [1.165, 1.54) is 12.6 Å². The number of rotatable bonds is 7. The van der Waals surface area contributed by atoms with Crippen LogP contribution in [0, 0.1) is 19.8 Å². The zero-order valence-electron chi connectivity index (χ0n) is 24.3. The van der Waals surface area contributed by atoms with Crippen LogP contribution in [0.4, 0.5) is 0 Å². The topological polar surface area (TPSA) is 106 Å². The molecule has 0 N–H and O–H groups in total. The van der Waals surface area contributed by atoms with Crippen molar-refractivity contribution in [1.82, 2.24) is 24.8 Å². The van der Waals surface area contributed by atoms with Crippen LogP contribution in [-0.2, 0) is 9.84 Å². The number of piperidine rings is 2. The lowest BCUT2D eigenvalue weighted by atomic mass is 9.82. The Kier molecular flexibility index (Phi) is 8.42. The summed E-state index contributed by atoms with van der Waals surface area (Å²) in [6, 6.07) is 12.7. The number of carbonyl (C=O) groups is 1. The molecule has 3 aromatic rings. The van der Waals surface area contributed by atoms with Gasteiger partial charge in [0.25, 0.3) is 5.91 Å². The molecular weight excluding hydrogens is 538 g/mol. The number of ether oxygens (including phenoxy) is 1. The summed E-state index contributed by atoms with van der Waals surface area (Å²) in [6.45, 7) is 9.34. The lowest BCUT2D eigenvalue weighted by Crippen LogP contribution is -2.56. The van der Waals surface area contributed by atoms with E-state index < -0.39 is 9.84 Å². The maximum atomic E-state index is 13.3. The molecule has 2 aliphatic rings. The van der Waals surface area contributed by atoms with Gasteiger partial charge in [-0.25, -0.2) is 23.4 Å². The van der Waals surface area contributed by atoms with Crippen LogP contribution in [0.15, 0.2) is 59.9 Å². The Morgan fingerprint density at radius 2 is 1.59 bits per heavy atom. The molecule has 10 heteroatoms. The van der Waals surface area contributed by atoms with Crippen LogP contribution in [0.3, 0.4) is 0 Å². The molecule has 0 saturated carbocycles. The van der Waals surface area contributed by atoms with Gasteiger partial charge in [-0.05, 0) is 83.3 Å². The maximum Gasteiger partial charge on any atom is 0.257 e. The molecule has 0 radical (unpaired) electrons. The SMILES string of the molecule is Cc1ncnc(C)c1C(=O)N1CCC(C)(N2CCC(C(Oc3ccccn3)c3ccc(S(C)(=O)=O)cc3)CC2)CC1. The molecule has 5 rings (SSSR count). The van der Waals surface area contributed by atoms with Crippen molar-refractivity contribution in [2.75, 3.05) is 32.4 Å². The number of benzene rings is 1. The first-order valence-corrected chi connectivity index (χ1v) is 16.1. The predicted octanol–water partition coefficient (Wildman–Crippen LogP) is 4.42. The average molecular weight is 578 g/mol. The number of pyridine rings is 1. The number of amides is 1. The molecule has 1 unspecified atom stereocenters. The van der Waals surface area contributed by atoms with E-state index in [2.05, 4.69) is 26.8 Å². The van der Waals surface area contributed by atoms with Gasteiger partial charge in [0.1, 0.15) is 12.4 Å². The summed E-state index contributed by atoms with van der Waals surface area (Å²) in [5.41, 5.74) is 3.06. The highest BCUT2D eigenvalue weighted by Gasteiger charge is 2.40. The van der Waals surface area contributed by atoms with Gasteiger partial charge in [0.05, 0.1) is 21.8 Å². The Morgan fingerprint density at radius 3 is 2.15 bits per heavy atom. The van der Waals surface area contributed by atoms with Gasteiger partial charge < -0.3 is 9.64 Å². The van der Waals surface area contributed by atoms with Crippen LogP contribution in [0.1, 0.15) is 66.0 Å². The first kappa shape index (κ1) is 29.1. The molecule has 1 aromatic carbocycles. The van der Waals surface area contributed by atoms with Crippen LogP contribution in [0.5, 0.6) is 5.88 Å². The minimum absolute atomic E-state index is 0.0213. The van der Waals surface area contributed by atoms with Gasteiger partial charge in [0, 0.05) is 43.1 Å². The van der Waals surface area contributed by atoms with Crippen LogP contribution in [0.2, 0.25) is 0 Å². The van der Waals surface area contributed by atoms with Gasteiger partial charge in [-0.1, -0.05) is 18.2 Å². The van der Waals surface area contributed by atoms with Crippen molar-refractivity contribution in [3.63, 3.8) is 0 Å². The van der Waals surface area contributed by atoms with Gasteiger partial charge in [-0.2, -0.15) is 0 Å². The van der Waals surface area contributed by atoms with Crippen LogP contribution in [0.25, 0.3) is 0 Å². The number of aromatic nitrogens is 3. The highest BCUT2D eigenvalue weighted by molar-refractivity contribution is 7.90. The monoisotopic (exact) mass is 577 g/mol. The molecule has 0 spiro atoms. The molecule has 0 bridgehead atoms. The minimum atomic E-state index is -3.28. The number of likely N-dealkylation sites (tertiary alicyclic amines) is 2. The van der Waals surface area contributed by atoms with Gasteiger partial charge in [-0.15, -0.1) is 0 Å². The maximum absolute atomic E-state index is 13.3. The van der Waals surface area contributed by atoms with E-state index in [1.807, 2.05) is 49.1 Å². The second-order valence-corrected chi connectivity index (χ2v) is 13.6. The summed E-state index contributed by atoms with van der Waals surface area (Å²) in [7, 11) is -3.28. The normalized spacial score (nSPS) is 19.1. The van der Waals surface area contributed by atoms with Crippen molar-refractivity contribution in [3.05, 3.63) is 77.5 Å². The summed E-state index contributed by atoms with van der Waals surface area (Å²) >= 11 is 0. The van der Waals surface area contributed by atoms with Crippen molar-refractivity contribution in [1.29, 1.82) is 0 Å². The molecule has 41 heavy (non-hydrogen) atoms. The van der Waals surface area contributed by atoms with E-state index >= 15 is 0 Å². The fourth-order valence-corrected chi connectivity index (χ4v) is 6.83. The van der Waals surface area contributed by atoms with E-state index in [-0.39, 0.29) is 23.5 Å². The Hall–Kier alpha value is -3.37. The second kappa shape index (κ2) is 11.9. The highest BCUT2D eigenvalue weighted by atomic mass is 32.2. The molecule has 9 nitrogen and oxygen atoms in total. The largest absolute Gasteiger partial charge is 0.469 e. The molecule has 4 heterocycles. The molecule has 2 aliphatic heterocycles. The first-order chi connectivity index (χ1) is 19.5. The van der Waals surface area contributed by atoms with Crippen molar-refractivity contribution < 1.29 is 17.9 Å². The third kappa shape index (κ3) is 6.43. The Balaban J connectivity index is 1.25. The fourth-order valence-electron chi connectivity index (χ4n) is 6.20. The Bertz CT molecular complexity index is 1440. The summed E-state index contributed by atoms with van der Waals surface area (Å²) in [5.74, 6) is 0.842. The number of carbonyl (C=O) groups excluding carboxylic acids is 1. The third-order valence-corrected chi connectivity index (χ3v) is 9.95. The van der Waals surface area contributed by atoms with Crippen molar-refractivity contribution >= 4 is 15.7 Å². The Labute approximate surface area is 242 Å². The molecule has 2 fully saturated rings. The van der Waals surface area contributed by atoms with Gasteiger partial charge in [-0.3, -0.25) is 9.69 Å². The number of hydrogen-bond acceptors (Lipinski definition) is 8. The number of aryl methyl sites for hydroxylation is 2. The van der Waals surface area contributed by atoms with E-state index in [0.29, 0.717) is 29.4 Å². The number of nitrogens with zero attached hydrogens (tertiary/aromatic N) is 5. The molecular formula is C31H39N5O4S. The smallest absolute Gasteiger partial charge is 0.257 e. The standard InChI is InChI=1S/C31H39N5O4S/c1-22-28(23(2)34-21-33-22)30(37)35-19-14-31(3,15-20-35)36-17-12-25(13-18-36)29(40-27-7-5-6-16-32-27)24-8-10-26(11-9-24)41(4,38)39/h5-11,16,21,25,29H,12-15,17-20H2,1-4H3. The average Bonchev–Trinajstić information content (AvgIpc) is 2.96. The van der Waals surface area contributed by atoms with Crippen molar-refractivity contribution in [2.24, 2.45) is 5.92 Å². The molecule has 0 aliphatic carbocycles. The summed E-state index contributed by atoms with van der Waals surface area (Å²) in [4.78, 5) is 31.0. The fraction of sp³-hybridized carbons (Fsp3) is 0.484. The molecule has 2 saturated heterocycles. The van der Waals surface area contributed by atoms with Crippen LogP contribution in [-0.4, -0.2) is 77.1 Å². The molecule has 1 atom stereocenters. The summed E-state index contributed by atoms with van der Waals surface area (Å²) in [6.07, 6.45) is 7.94. The van der Waals surface area contributed by atoms with Gasteiger partial charge in [0.15, 0.2) is 9.84 Å². The second-order valence-electron chi connectivity index (χ2n) is 11.6. The van der Waals surface area contributed by atoms with E-state index in [9.17, 15) is 13.2 Å². The summed E-state index contributed by atoms with van der Waals surface area (Å²) < 4.78 is 30.5. The zero-order chi connectivity index (χ0) is 29.2. The van der Waals surface area contributed by atoms with E-state index in [1.54, 1.807) is 18.3 Å². The molecule has 218 valence electrons. The van der Waals surface area contributed by atoms with Gasteiger partial charge >= 0.3 is 0 Å². The van der Waals surface area contributed by atoms with E-state index in [4.69, 9.17) is 4.74 Å². The molecule has 1 amide bonds. The van der Waals surface area contributed by atoms with Crippen molar-refractivity contribution in [2.45, 2.75) is 63.0 Å². The predicted molar refractivity (Wildman–Crippen MR) is 157 cm³/mol. The van der Waals surface area contributed by atoms with Crippen molar-refractivity contribution in [3.8, 4) is 5.88 Å². The summed E-state index contributed by atoms with van der Waals surface area (Å²) in [5, 5.41) is 0. The highest BCUT2D eigenvalue weighted by Crippen LogP contribution is 2.39. The van der Waals surface area contributed by atoms with Gasteiger partial charge in [0.2, 0.25) is 5.88 Å².